The molecule has 1 unspecified atom stereocenters. The molecule has 2 saturated heterocycles. The van der Waals surface area contributed by atoms with Crippen molar-refractivity contribution < 1.29 is 0 Å². The van der Waals surface area contributed by atoms with Gasteiger partial charge in [0.2, 0.25) is 0 Å². The maximum absolute atomic E-state index is 3.79. The lowest BCUT2D eigenvalue weighted by Gasteiger charge is -2.33. The second-order valence-corrected chi connectivity index (χ2v) is 6.51. The molecule has 2 rings (SSSR count). The van der Waals surface area contributed by atoms with Crippen LogP contribution in [0.4, 0.5) is 0 Å². The van der Waals surface area contributed by atoms with Crippen LogP contribution >= 0.6 is 11.8 Å². The highest BCUT2D eigenvalue weighted by Crippen LogP contribution is 2.24. The summed E-state index contributed by atoms with van der Waals surface area (Å²) < 4.78 is 0. The van der Waals surface area contributed by atoms with E-state index in [2.05, 4.69) is 28.9 Å². The molecular formula is C13H26N2S. The first kappa shape index (κ1) is 12.7. The predicted octanol–water partition coefficient (Wildman–Crippen LogP) is 2.35. The summed E-state index contributed by atoms with van der Waals surface area (Å²) in [5, 5.41) is 4.69. The summed E-state index contributed by atoms with van der Waals surface area (Å²) in [4.78, 5) is 2.56. The zero-order valence-electron chi connectivity index (χ0n) is 10.6. The van der Waals surface area contributed by atoms with Crippen LogP contribution in [0.1, 0.15) is 39.0 Å². The Morgan fingerprint density at radius 1 is 1.19 bits per heavy atom. The van der Waals surface area contributed by atoms with Crippen molar-refractivity contribution in [3.63, 3.8) is 0 Å². The molecule has 2 heterocycles. The van der Waals surface area contributed by atoms with Crippen LogP contribution in [-0.4, -0.2) is 48.1 Å². The summed E-state index contributed by atoms with van der Waals surface area (Å²) in [6.07, 6.45) is 7.03. The molecule has 2 aliphatic heterocycles. The van der Waals surface area contributed by atoms with Crippen LogP contribution in [-0.2, 0) is 0 Å². The first-order valence-electron chi connectivity index (χ1n) is 6.96. The van der Waals surface area contributed by atoms with Crippen molar-refractivity contribution in [2.45, 2.75) is 50.3 Å². The molecule has 0 aliphatic carbocycles. The number of piperidine rings is 1. The molecule has 0 saturated carbocycles. The fourth-order valence-electron chi connectivity index (χ4n) is 2.72. The van der Waals surface area contributed by atoms with Crippen LogP contribution in [0.3, 0.4) is 0 Å². The number of nitrogens with zero attached hydrogens (tertiary/aromatic N) is 1. The number of rotatable bonds is 4. The molecule has 0 aromatic carbocycles. The highest BCUT2D eigenvalue weighted by Gasteiger charge is 2.19. The van der Waals surface area contributed by atoms with E-state index in [1.165, 1.54) is 64.0 Å². The Bertz CT molecular complexity index is 184. The number of thioether (sulfide) groups is 1. The van der Waals surface area contributed by atoms with Gasteiger partial charge in [-0.1, -0.05) is 13.3 Å². The maximum atomic E-state index is 3.79. The lowest BCUT2D eigenvalue weighted by Crippen LogP contribution is -2.44. The van der Waals surface area contributed by atoms with Gasteiger partial charge in [0.1, 0.15) is 0 Å². The second kappa shape index (κ2) is 6.87. The number of hydrogen-bond acceptors (Lipinski definition) is 3. The Hall–Kier alpha value is 0.270. The summed E-state index contributed by atoms with van der Waals surface area (Å²) in [5.74, 6) is 1.39. The molecule has 1 N–H and O–H groups in total. The van der Waals surface area contributed by atoms with Crippen molar-refractivity contribution >= 4 is 11.8 Å². The fraction of sp³-hybridized carbons (Fsp3) is 1.00. The van der Waals surface area contributed by atoms with Gasteiger partial charge in [-0.15, -0.1) is 0 Å². The average molecular weight is 242 g/mol. The molecule has 0 radical (unpaired) electrons. The molecule has 2 fully saturated rings. The van der Waals surface area contributed by atoms with Gasteiger partial charge < -0.3 is 10.2 Å². The lowest BCUT2D eigenvalue weighted by atomic mass is 10.0. The van der Waals surface area contributed by atoms with Crippen molar-refractivity contribution in [2.24, 2.45) is 0 Å². The van der Waals surface area contributed by atoms with E-state index in [9.17, 15) is 0 Å². The number of hydrogen-bond donors (Lipinski definition) is 1. The van der Waals surface area contributed by atoms with E-state index >= 15 is 0 Å². The van der Waals surface area contributed by atoms with Crippen LogP contribution in [0.2, 0.25) is 0 Å². The monoisotopic (exact) mass is 242 g/mol. The third kappa shape index (κ3) is 3.94. The van der Waals surface area contributed by atoms with Crippen molar-refractivity contribution in [1.82, 2.24) is 10.2 Å². The van der Waals surface area contributed by atoms with E-state index < -0.39 is 0 Å². The Balaban J connectivity index is 1.59. The van der Waals surface area contributed by atoms with E-state index in [-0.39, 0.29) is 0 Å². The minimum atomic E-state index is 0.797. The Morgan fingerprint density at radius 3 is 2.62 bits per heavy atom. The average Bonchev–Trinajstić information content (AvgIpc) is 2.38. The van der Waals surface area contributed by atoms with Gasteiger partial charge >= 0.3 is 0 Å². The van der Waals surface area contributed by atoms with Gasteiger partial charge in [-0.2, -0.15) is 11.8 Å². The summed E-state index contributed by atoms with van der Waals surface area (Å²) >= 11 is 2.18. The number of nitrogens with one attached hydrogen (secondary N) is 1. The summed E-state index contributed by atoms with van der Waals surface area (Å²) in [6, 6.07) is 0.797. The standard InChI is InChI=1S/C13H26N2S/c1-2-15-8-6-12(7-9-15)14-11-13-5-3-4-10-16-13/h12-14H,2-11H2,1H3. The van der Waals surface area contributed by atoms with Gasteiger partial charge in [-0.3, -0.25) is 0 Å². The molecular weight excluding hydrogens is 216 g/mol. The SMILES string of the molecule is CCN1CCC(NCC2CCCCS2)CC1. The molecule has 3 heteroatoms. The molecule has 0 aromatic heterocycles. The Morgan fingerprint density at radius 2 is 2.00 bits per heavy atom. The van der Waals surface area contributed by atoms with Gasteiger partial charge in [0.25, 0.3) is 0 Å². The van der Waals surface area contributed by atoms with Crippen LogP contribution in [0.25, 0.3) is 0 Å². The highest BCUT2D eigenvalue weighted by atomic mass is 32.2. The summed E-state index contributed by atoms with van der Waals surface area (Å²) in [6.45, 7) is 7.34. The van der Waals surface area contributed by atoms with E-state index in [4.69, 9.17) is 0 Å². The van der Waals surface area contributed by atoms with E-state index in [1.807, 2.05) is 0 Å². The van der Waals surface area contributed by atoms with E-state index in [1.54, 1.807) is 0 Å². The molecule has 1 atom stereocenters. The van der Waals surface area contributed by atoms with Crippen molar-refractivity contribution in [2.75, 3.05) is 31.9 Å². The minimum Gasteiger partial charge on any atom is -0.313 e. The second-order valence-electron chi connectivity index (χ2n) is 5.11. The highest BCUT2D eigenvalue weighted by molar-refractivity contribution is 7.99. The zero-order chi connectivity index (χ0) is 11.2. The molecule has 16 heavy (non-hydrogen) atoms. The molecule has 2 aliphatic rings. The smallest absolute Gasteiger partial charge is 0.0172 e. The topological polar surface area (TPSA) is 15.3 Å². The predicted molar refractivity (Wildman–Crippen MR) is 73.2 cm³/mol. The van der Waals surface area contributed by atoms with Gasteiger partial charge in [0.15, 0.2) is 0 Å². The van der Waals surface area contributed by atoms with Crippen LogP contribution in [0, 0.1) is 0 Å². The third-order valence-electron chi connectivity index (χ3n) is 3.94. The molecule has 0 bridgehead atoms. The van der Waals surface area contributed by atoms with Gasteiger partial charge in [0.05, 0.1) is 0 Å². The van der Waals surface area contributed by atoms with Crippen LogP contribution in [0.5, 0.6) is 0 Å². The van der Waals surface area contributed by atoms with E-state index in [0.29, 0.717) is 0 Å². The Kier molecular flexibility index (Phi) is 5.46. The lowest BCUT2D eigenvalue weighted by molar-refractivity contribution is 0.206. The van der Waals surface area contributed by atoms with Crippen LogP contribution < -0.4 is 5.32 Å². The van der Waals surface area contributed by atoms with Gasteiger partial charge in [0, 0.05) is 17.8 Å². The normalized spacial score (nSPS) is 29.4. The largest absolute Gasteiger partial charge is 0.313 e. The summed E-state index contributed by atoms with van der Waals surface area (Å²) in [7, 11) is 0. The molecule has 2 nitrogen and oxygen atoms in total. The van der Waals surface area contributed by atoms with Gasteiger partial charge in [-0.25, -0.2) is 0 Å². The quantitative estimate of drug-likeness (QED) is 0.815. The molecule has 0 amide bonds. The van der Waals surface area contributed by atoms with Crippen LogP contribution in [0.15, 0.2) is 0 Å². The first-order valence-corrected chi connectivity index (χ1v) is 8.00. The maximum Gasteiger partial charge on any atom is 0.0172 e. The van der Waals surface area contributed by atoms with Crippen molar-refractivity contribution in [3.8, 4) is 0 Å². The van der Waals surface area contributed by atoms with Gasteiger partial charge in [-0.05, 0) is 51.1 Å². The molecule has 94 valence electrons. The minimum absolute atomic E-state index is 0.797. The fourth-order valence-corrected chi connectivity index (χ4v) is 3.97. The Labute approximate surface area is 105 Å². The third-order valence-corrected chi connectivity index (χ3v) is 5.34. The molecule has 0 spiro atoms. The summed E-state index contributed by atoms with van der Waals surface area (Å²) in [5.41, 5.74) is 0. The van der Waals surface area contributed by atoms with Crippen molar-refractivity contribution in [3.05, 3.63) is 0 Å². The number of likely N-dealkylation sites (tertiary alicyclic amines) is 1. The molecule has 0 aromatic rings. The zero-order valence-corrected chi connectivity index (χ0v) is 11.4. The van der Waals surface area contributed by atoms with Crippen molar-refractivity contribution in [1.29, 1.82) is 0 Å². The van der Waals surface area contributed by atoms with E-state index in [0.717, 1.165) is 11.3 Å². The first-order chi connectivity index (χ1) is 7.88.